The van der Waals surface area contributed by atoms with E-state index in [1.54, 1.807) is 6.07 Å². The molecule has 0 atom stereocenters. The molecule has 1 heterocycles. The van der Waals surface area contributed by atoms with Crippen molar-refractivity contribution in [3.8, 4) is 11.8 Å². The number of urea groups is 1. The molecule has 0 unspecified atom stereocenters. The van der Waals surface area contributed by atoms with Crippen molar-refractivity contribution >= 4 is 33.9 Å². The van der Waals surface area contributed by atoms with Gasteiger partial charge in [-0.05, 0) is 55.8 Å². The molecule has 122 valence electrons. The third-order valence-electron chi connectivity index (χ3n) is 3.46. The lowest BCUT2D eigenvalue weighted by molar-refractivity contribution is -0.115. The number of primary amides is 1. The van der Waals surface area contributed by atoms with Crippen LogP contribution >= 0.6 is 15.9 Å². The number of carbonyl (C=O) groups excluding carboxylic acids is 2. The van der Waals surface area contributed by atoms with Gasteiger partial charge in [0.2, 0.25) is 0 Å². The fourth-order valence-corrected chi connectivity index (χ4v) is 2.67. The summed E-state index contributed by atoms with van der Waals surface area (Å²) >= 11 is 3.40. The summed E-state index contributed by atoms with van der Waals surface area (Å²) in [5.74, 6) is -0.821. The summed E-state index contributed by atoms with van der Waals surface area (Å²) in [6, 6.07) is 10.4. The summed E-state index contributed by atoms with van der Waals surface area (Å²) in [6.45, 7) is 3.82. The third-order valence-corrected chi connectivity index (χ3v) is 3.99. The van der Waals surface area contributed by atoms with Gasteiger partial charge in [0.25, 0.3) is 5.91 Å². The molecule has 3 N–H and O–H groups in total. The second-order valence-corrected chi connectivity index (χ2v) is 6.04. The van der Waals surface area contributed by atoms with Crippen LogP contribution < -0.4 is 11.1 Å². The van der Waals surface area contributed by atoms with Crippen LogP contribution in [0.5, 0.6) is 0 Å². The topological polar surface area (TPSA) is 101 Å². The van der Waals surface area contributed by atoms with Crippen molar-refractivity contribution in [3.63, 3.8) is 0 Å². The molecule has 0 radical (unpaired) electrons. The molecule has 0 saturated carbocycles. The standard InChI is InChI=1S/C17H15BrN4O2/c1-10-7-12(8-13(9-19)16(23)21-17(20)24)11(2)22(10)15-5-3-14(18)4-6-15/h3-8H,1-2H3,(H3,20,21,23,24)/b13-8+. The molecule has 1 aromatic carbocycles. The van der Waals surface area contributed by atoms with Gasteiger partial charge in [-0.15, -0.1) is 0 Å². The highest BCUT2D eigenvalue weighted by molar-refractivity contribution is 9.10. The molecule has 2 aromatic rings. The Kier molecular flexibility index (Phi) is 5.21. The molecule has 0 bridgehead atoms. The van der Waals surface area contributed by atoms with Gasteiger partial charge in [0.1, 0.15) is 11.6 Å². The molecule has 2 rings (SSSR count). The number of hydrogen-bond donors (Lipinski definition) is 2. The van der Waals surface area contributed by atoms with E-state index in [-0.39, 0.29) is 5.57 Å². The Balaban J connectivity index is 2.46. The van der Waals surface area contributed by atoms with E-state index in [0.717, 1.165) is 21.5 Å². The molecule has 7 heteroatoms. The highest BCUT2D eigenvalue weighted by Crippen LogP contribution is 2.24. The van der Waals surface area contributed by atoms with Gasteiger partial charge in [-0.25, -0.2) is 4.79 Å². The molecule has 0 spiro atoms. The molecule has 0 aliphatic rings. The van der Waals surface area contributed by atoms with Crippen LogP contribution in [-0.4, -0.2) is 16.5 Å². The number of nitrogens with one attached hydrogen (secondary N) is 1. The van der Waals surface area contributed by atoms with Crippen LogP contribution in [0.2, 0.25) is 0 Å². The Morgan fingerprint density at radius 3 is 2.46 bits per heavy atom. The minimum atomic E-state index is -0.999. The molecule has 0 saturated heterocycles. The smallest absolute Gasteiger partial charge is 0.319 e. The summed E-state index contributed by atoms with van der Waals surface area (Å²) in [5, 5.41) is 11.0. The van der Waals surface area contributed by atoms with Crippen LogP contribution in [0.25, 0.3) is 11.8 Å². The first-order chi connectivity index (χ1) is 11.3. The zero-order valence-electron chi connectivity index (χ0n) is 13.1. The number of amides is 3. The lowest BCUT2D eigenvalue weighted by atomic mass is 10.1. The minimum Gasteiger partial charge on any atom is -0.351 e. The summed E-state index contributed by atoms with van der Waals surface area (Å²) in [5.41, 5.74) is 8.22. The van der Waals surface area contributed by atoms with Crippen molar-refractivity contribution in [2.75, 3.05) is 0 Å². The monoisotopic (exact) mass is 386 g/mol. The first kappa shape index (κ1) is 17.5. The molecule has 1 aromatic heterocycles. The number of hydrogen-bond acceptors (Lipinski definition) is 3. The van der Waals surface area contributed by atoms with E-state index < -0.39 is 11.9 Å². The zero-order valence-corrected chi connectivity index (χ0v) is 14.7. The van der Waals surface area contributed by atoms with Crippen molar-refractivity contribution in [1.29, 1.82) is 5.26 Å². The number of nitrogens with zero attached hydrogens (tertiary/aromatic N) is 2. The lowest BCUT2D eigenvalue weighted by Gasteiger charge is -2.09. The summed E-state index contributed by atoms with van der Waals surface area (Å²) in [4.78, 5) is 22.6. The molecule has 3 amide bonds. The van der Waals surface area contributed by atoms with Crippen LogP contribution in [-0.2, 0) is 4.79 Å². The predicted octanol–water partition coefficient (Wildman–Crippen LogP) is 2.96. The number of aryl methyl sites for hydroxylation is 1. The first-order valence-corrected chi connectivity index (χ1v) is 7.80. The van der Waals surface area contributed by atoms with Gasteiger partial charge in [0, 0.05) is 21.5 Å². The zero-order chi connectivity index (χ0) is 17.9. The number of carbonyl (C=O) groups is 2. The fourth-order valence-electron chi connectivity index (χ4n) is 2.40. The molecule has 0 aliphatic heterocycles. The van der Waals surface area contributed by atoms with Crippen LogP contribution in [0.1, 0.15) is 17.0 Å². The highest BCUT2D eigenvalue weighted by Gasteiger charge is 2.14. The van der Waals surface area contributed by atoms with Crippen LogP contribution in [0.4, 0.5) is 4.79 Å². The van der Waals surface area contributed by atoms with E-state index in [0.29, 0.717) is 5.56 Å². The Hall–Kier alpha value is -2.85. The van der Waals surface area contributed by atoms with E-state index in [1.165, 1.54) is 6.08 Å². The molecule has 0 aliphatic carbocycles. The number of nitrogens with two attached hydrogens (primary N) is 1. The van der Waals surface area contributed by atoms with E-state index in [9.17, 15) is 9.59 Å². The minimum absolute atomic E-state index is 0.190. The second kappa shape index (κ2) is 7.15. The SMILES string of the molecule is Cc1cc(/C=C(\C#N)C(=O)NC(N)=O)c(C)n1-c1ccc(Br)cc1. The van der Waals surface area contributed by atoms with Gasteiger partial charge in [-0.2, -0.15) is 5.26 Å². The number of imide groups is 1. The average molecular weight is 387 g/mol. The summed E-state index contributed by atoms with van der Waals surface area (Å²) in [6.07, 6.45) is 1.44. The van der Waals surface area contributed by atoms with Gasteiger partial charge >= 0.3 is 6.03 Å². The first-order valence-electron chi connectivity index (χ1n) is 7.01. The van der Waals surface area contributed by atoms with Gasteiger partial charge in [-0.1, -0.05) is 15.9 Å². The number of nitriles is 1. The van der Waals surface area contributed by atoms with Crippen molar-refractivity contribution in [2.24, 2.45) is 5.73 Å². The van der Waals surface area contributed by atoms with Crippen molar-refractivity contribution < 1.29 is 9.59 Å². The highest BCUT2D eigenvalue weighted by atomic mass is 79.9. The molecule has 24 heavy (non-hydrogen) atoms. The van der Waals surface area contributed by atoms with Gasteiger partial charge < -0.3 is 10.3 Å². The van der Waals surface area contributed by atoms with E-state index in [1.807, 2.05) is 54.1 Å². The Morgan fingerprint density at radius 2 is 1.92 bits per heavy atom. The van der Waals surface area contributed by atoms with Crippen molar-refractivity contribution in [2.45, 2.75) is 13.8 Å². The molecular formula is C17H15BrN4O2. The van der Waals surface area contributed by atoms with Crippen LogP contribution in [0.15, 0.2) is 40.4 Å². The number of aromatic nitrogens is 1. The van der Waals surface area contributed by atoms with Crippen molar-refractivity contribution in [1.82, 2.24) is 9.88 Å². The largest absolute Gasteiger partial charge is 0.351 e. The lowest BCUT2D eigenvalue weighted by Crippen LogP contribution is -2.35. The predicted molar refractivity (Wildman–Crippen MR) is 94.3 cm³/mol. The third kappa shape index (κ3) is 3.73. The summed E-state index contributed by atoms with van der Waals surface area (Å²) in [7, 11) is 0. The van der Waals surface area contributed by atoms with Crippen LogP contribution in [0.3, 0.4) is 0 Å². The normalized spacial score (nSPS) is 11.0. The Morgan fingerprint density at radius 1 is 1.29 bits per heavy atom. The maximum absolute atomic E-state index is 11.8. The summed E-state index contributed by atoms with van der Waals surface area (Å²) < 4.78 is 2.99. The Bertz CT molecular complexity index is 873. The van der Waals surface area contributed by atoms with Crippen LogP contribution in [0, 0.1) is 25.2 Å². The van der Waals surface area contributed by atoms with E-state index in [4.69, 9.17) is 11.0 Å². The molecule has 0 fully saturated rings. The maximum Gasteiger partial charge on any atom is 0.319 e. The maximum atomic E-state index is 11.8. The van der Waals surface area contributed by atoms with E-state index in [2.05, 4.69) is 15.9 Å². The van der Waals surface area contributed by atoms with Gasteiger partial charge in [0.05, 0.1) is 0 Å². The fraction of sp³-hybridized carbons (Fsp3) is 0.118. The Labute approximate surface area is 147 Å². The quantitative estimate of drug-likeness (QED) is 0.625. The molecule has 6 nitrogen and oxygen atoms in total. The van der Waals surface area contributed by atoms with Gasteiger partial charge in [-0.3, -0.25) is 10.1 Å². The number of rotatable bonds is 3. The van der Waals surface area contributed by atoms with E-state index >= 15 is 0 Å². The van der Waals surface area contributed by atoms with Gasteiger partial charge in [0.15, 0.2) is 0 Å². The average Bonchev–Trinajstić information content (AvgIpc) is 2.79. The second-order valence-electron chi connectivity index (χ2n) is 5.13. The number of halogens is 1. The number of benzene rings is 1. The molecular weight excluding hydrogens is 372 g/mol. The van der Waals surface area contributed by atoms with Crippen molar-refractivity contribution in [3.05, 3.63) is 57.3 Å².